The zero-order valence-electron chi connectivity index (χ0n) is 10.5. The van der Waals surface area contributed by atoms with E-state index in [1.807, 2.05) is 18.2 Å². The van der Waals surface area contributed by atoms with Gasteiger partial charge in [0.1, 0.15) is 4.88 Å². The number of carboxylic acids is 1. The van der Waals surface area contributed by atoms with Gasteiger partial charge in [0.25, 0.3) is 0 Å². The van der Waals surface area contributed by atoms with Crippen LogP contribution in [0.15, 0.2) is 30.3 Å². The smallest absolute Gasteiger partial charge is 0.347 e. The van der Waals surface area contributed by atoms with Crippen molar-refractivity contribution in [1.82, 2.24) is 4.98 Å². The Hall–Kier alpha value is -2.21. The number of hydrogen-bond acceptors (Lipinski definition) is 4. The third-order valence-corrected chi connectivity index (χ3v) is 3.63. The number of nitrogens with zero attached hydrogens (tertiary/aromatic N) is 2. The van der Waals surface area contributed by atoms with E-state index in [4.69, 9.17) is 5.11 Å². The number of carboxylic acid groups (broad SMARTS) is 1. The SMILES string of the molecule is CC(=O)N(c1ccccc1)c1nc(C)c(C(=O)O)s1. The number of carbonyl (C=O) groups is 2. The van der Waals surface area contributed by atoms with Crippen LogP contribution in [0.2, 0.25) is 0 Å². The fourth-order valence-corrected chi connectivity index (χ4v) is 2.65. The van der Waals surface area contributed by atoms with Crippen molar-refractivity contribution >= 4 is 34.0 Å². The molecule has 6 heteroatoms. The summed E-state index contributed by atoms with van der Waals surface area (Å²) in [7, 11) is 0. The summed E-state index contributed by atoms with van der Waals surface area (Å²) in [6.45, 7) is 3.04. The summed E-state index contributed by atoms with van der Waals surface area (Å²) in [6, 6.07) is 9.02. The van der Waals surface area contributed by atoms with Crippen molar-refractivity contribution in [3.63, 3.8) is 0 Å². The number of hydrogen-bond donors (Lipinski definition) is 1. The zero-order chi connectivity index (χ0) is 14.0. The second-order valence-electron chi connectivity index (χ2n) is 3.91. The minimum atomic E-state index is -1.03. The molecule has 0 aliphatic heterocycles. The number of aromatic nitrogens is 1. The minimum absolute atomic E-state index is 0.150. The first-order valence-corrected chi connectivity index (χ1v) is 6.39. The first kappa shape index (κ1) is 13.2. The topological polar surface area (TPSA) is 70.5 Å². The average Bonchev–Trinajstić information content (AvgIpc) is 2.72. The highest BCUT2D eigenvalue weighted by atomic mass is 32.1. The van der Waals surface area contributed by atoms with E-state index in [0.29, 0.717) is 16.5 Å². The Labute approximate surface area is 114 Å². The van der Waals surface area contributed by atoms with Crippen molar-refractivity contribution in [2.24, 2.45) is 0 Å². The molecule has 0 aliphatic carbocycles. The van der Waals surface area contributed by atoms with E-state index in [1.54, 1.807) is 19.1 Å². The van der Waals surface area contributed by atoms with Gasteiger partial charge in [0.2, 0.25) is 5.91 Å². The van der Waals surface area contributed by atoms with Crippen LogP contribution in [-0.4, -0.2) is 22.0 Å². The lowest BCUT2D eigenvalue weighted by Crippen LogP contribution is -2.22. The average molecular weight is 276 g/mol. The molecule has 19 heavy (non-hydrogen) atoms. The lowest BCUT2D eigenvalue weighted by atomic mass is 10.3. The van der Waals surface area contributed by atoms with Crippen LogP contribution >= 0.6 is 11.3 Å². The van der Waals surface area contributed by atoms with Gasteiger partial charge in [-0.2, -0.15) is 0 Å². The molecule has 0 spiro atoms. The highest BCUT2D eigenvalue weighted by Gasteiger charge is 2.21. The molecule has 0 bridgehead atoms. The molecule has 2 aromatic rings. The first-order chi connectivity index (χ1) is 9.00. The maximum atomic E-state index is 11.8. The largest absolute Gasteiger partial charge is 0.477 e. The molecule has 0 saturated heterocycles. The van der Waals surface area contributed by atoms with Crippen LogP contribution in [0.3, 0.4) is 0 Å². The molecule has 5 nitrogen and oxygen atoms in total. The fraction of sp³-hybridized carbons (Fsp3) is 0.154. The van der Waals surface area contributed by atoms with Crippen LogP contribution in [0.25, 0.3) is 0 Å². The van der Waals surface area contributed by atoms with Gasteiger partial charge >= 0.3 is 5.97 Å². The zero-order valence-corrected chi connectivity index (χ0v) is 11.3. The summed E-state index contributed by atoms with van der Waals surface area (Å²) in [5, 5.41) is 9.41. The lowest BCUT2D eigenvalue weighted by molar-refractivity contribution is -0.115. The highest BCUT2D eigenvalue weighted by molar-refractivity contribution is 7.17. The molecule has 0 radical (unpaired) electrons. The Morgan fingerprint density at radius 2 is 1.89 bits per heavy atom. The van der Waals surface area contributed by atoms with E-state index in [1.165, 1.54) is 11.8 Å². The number of rotatable bonds is 3. The highest BCUT2D eigenvalue weighted by Crippen LogP contribution is 2.31. The molecule has 1 N–H and O–H groups in total. The molecule has 1 heterocycles. The molecule has 1 aromatic heterocycles. The van der Waals surface area contributed by atoms with Gasteiger partial charge in [-0.15, -0.1) is 0 Å². The Kier molecular flexibility index (Phi) is 3.62. The molecule has 98 valence electrons. The summed E-state index contributed by atoms with van der Waals surface area (Å²) in [6.07, 6.45) is 0. The van der Waals surface area contributed by atoms with E-state index in [2.05, 4.69) is 4.98 Å². The Bertz CT molecular complexity index is 622. The number of para-hydroxylation sites is 1. The molecule has 0 saturated carbocycles. The third kappa shape index (κ3) is 2.63. The number of aryl methyl sites for hydroxylation is 1. The van der Waals surface area contributed by atoms with Gasteiger partial charge in [-0.1, -0.05) is 29.5 Å². The maximum Gasteiger partial charge on any atom is 0.347 e. The molecular formula is C13H12N2O3S. The van der Waals surface area contributed by atoms with Gasteiger partial charge in [-0.05, 0) is 19.1 Å². The molecule has 0 unspecified atom stereocenters. The van der Waals surface area contributed by atoms with E-state index in [0.717, 1.165) is 11.3 Å². The third-order valence-electron chi connectivity index (χ3n) is 2.50. The first-order valence-electron chi connectivity index (χ1n) is 5.57. The molecular weight excluding hydrogens is 264 g/mol. The van der Waals surface area contributed by atoms with Crippen molar-refractivity contribution in [2.75, 3.05) is 4.90 Å². The van der Waals surface area contributed by atoms with Gasteiger partial charge in [-0.25, -0.2) is 9.78 Å². The van der Waals surface area contributed by atoms with Gasteiger partial charge in [0.05, 0.1) is 11.4 Å². The van der Waals surface area contributed by atoms with Gasteiger partial charge in [0.15, 0.2) is 5.13 Å². The summed E-state index contributed by atoms with van der Waals surface area (Å²) in [5.74, 6) is -1.24. The van der Waals surface area contributed by atoms with E-state index in [9.17, 15) is 9.59 Å². The Morgan fingerprint density at radius 3 is 2.37 bits per heavy atom. The normalized spacial score (nSPS) is 10.2. The van der Waals surface area contributed by atoms with Crippen molar-refractivity contribution in [3.8, 4) is 0 Å². The Balaban J connectivity index is 2.49. The molecule has 0 atom stereocenters. The van der Waals surface area contributed by atoms with Gasteiger partial charge < -0.3 is 5.11 Å². The lowest BCUT2D eigenvalue weighted by Gasteiger charge is -2.17. The second kappa shape index (κ2) is 5.19. The molecule has 1 amide bonds. The molecule has 0 fully saturated rings. The van der Waals surface area contributed by atoms with Crippen molar-refractivity contribution in [2.45, 2.75) is 13.8 Å². The summed E-state index contributed by atoms with van der Waals surface area (Å²) < 4.78 is 0. The van der Waals surface area contributed by atoms with Gasteiger partial charge in [0, 0.05) is 6.92 Å². The van der Waals surface area contributed by atoms with Crippen LogP contribution in [0, 0.1) is 6.92 Å². The number of anilines is 2. The minimum Gasteiger partial charge on any atom is -0.477 e. The maximum absolute atomic E-state index is 11.8. The molecule has 1 aromatic carbocycles. The van der Waals surface area contributed by atoms with E-state index in [-0.39, 0.29) is 10.8 Å². The molecule has 0 aliphatic rings. The molecule has 2 rings (SSSR count). The van der Waals surface area contributed by atoms with Crippen LogP contribution < -0.4 is 4.90 Å². The number of thiazole rings is 1. The van der Waals surface area contributed by atoms with Crippen LogP contribution in [0.5, 0.6) is 0 Å². The van der Waals surface area contributed by atoms with Gasteiger partial charge in [-0.3, -0.25) is 9.69 Å². The summed E-state index contributed by atoms with van der Waals surface area (Å²) >= 11 is 0.993. The summed E-state index contributed by atoms with van der Waals surface area (Å²) in [4.78, 5) is 28.5. The fourth-order valence-electron chi connectivity index (χ4n) is 1.68. The van der Waals surface area contributed by atoms with E-state index >= 15 is 0 Å². The Morgan fingerprint density at radius 1 is 1.26 bits per heavy atom. The van der Waals surface area contributed by atoms with Crippen LogP contribution in [0.1, 0.15) is 22.3 Å². The van der Waals surface area contributed by atoms with Crippen molar-refractivity contribution in [1.29, 1.82) is 0 Å². The number of carbonyl (C=O) groups excluding carboxylic acids is 1. The predicted molar refractivity (Wildman–Crippen MR) is 73.1 cm³/mol. The second-order valence-corrected chi connectivity index (χ2v) is 4.88. The van der Waals surface area contributed by atoms with Crippen molar-refractivity contribution in [3.05, 3.63) is 40.9 Å². The monoisotopic (exact) mass is 276 g/mol. The number of aromatic carboxylic acids is 1. The predicted octanol–water partition coefficient (Wildman–Crippen LogP) is 2.83. The number of amides is 1. The van der Waals surface area contributed by atoms with Crippen LogP contribution in [-0.2, 0) is 4.79 Å². The van der Waals surface area contributed by atoms with E-state index < -0.39 is 5.97 Å². The number of benzene rings is 1. The van der Waals surface area contributed by atoms with Crippen LogP contribution in [0.4, 0.5) is 10.8 Å². The standard InChI is InChI=1S/C13H12N2O3S/c1-8-11(12(17)18)19-13(14-8)15(9(2)16)10-6-4-3-5-7-10/h3-7H,1-2H3,(H,17,18). The summed E-state index contributed by atoms with van der Waals surface area (Å²) in [5.41, 5.74) is 1.08. The quantitative estimate of drug-likeness (QED) is 0.935. The van der Waals surface area contributed by atoms with Crippen molar-refractivity contribution < 1.29 is 14.7 Å².